The van der Waals surface area contributed by atoms with Crippen LogP contribution in [-0.4, -0.2) is 30.1 Å². The fraction of sp³-hybridized carbons (Fsp3) is 0.500. The van der Waals surface area contributed by atoms with E-state index in [1.54, 1.807) is 0 Å². The van der Waals surface area contributed by atoms with Crippen LogP contribution in [-0.2, 0) is 9.59 Å². The summed E-state index contributed by atoms with van der Waals surface area (Å²) in [5.41, 5.74) is 5.40. The number of amides is 4. The van der Waals surface area contributed by atoms with Gasteiger partial charge in [-0.3, -0.25) is 14.9 Å². The molecule has 0 spiro atoms. The Morgan fingerprint density at radius 2 is 2.15 bits per heavy atom. The van der Waals surface area contributed by atoms with Gasteiger partial charge in [0, 0.05) is 6.92 Å². The molecule has 13 heavy (non-hydrogen) atoms. The Kier molecular flexibility index (Phi) is 2.47. The summed E-state index contributed by atoms with van der Waals surface area (Å²) in [6, 6.07) is -1.56. The van der Waals surface area contributed by atoms with E-state index in [-0.39, 0.29) is 5.91 Å². The number of imide groups is 1. The monoisotopic (exact) mass is 186 g/mol. The predicted molar refractivity (Wildman–Crippen MR) is 42.3 cm³/mol. The Hall–Kier alpha value is -1.63. The van der Waals surface area contributed by atoms with E-state index in [1.807, 2.05) is 5.32 Å². The quantitative estimate of drug-likeness (QED) is 0.366. The van der Waals surface area contributed by atoms with E-state index in [4.69, 9.17) is 5.73 Å². The van der Waals surface area contributed by atoms with Gasteiger partial charge in [-0.15, -0.1) is 0 Å². The fourth-order valence-corrected chi connectivity index (χ4v) is 0.998. The highest BCUT2D eigenvalue weighted by Crippen LogP contribution is 1.94. The molecule has 0 radical (unpaired) electrons. The fourth-order valence-electron chi connectivity index (χ4n) is 0.998. The lowest BCUT2D eigenvalue weighted by Crippen LogP contribution is -2.69. The number of hydrogen-bond donors (Lipinski definition) is 4. The van der Waals surface area contributed by atoms with Crippen LogP contribution in [0.2, 0.25) is 0 Å². The summed E-state index contributed by atoms with van der Waals surface area (Å²) in [6.07, 6.45) is -0.884. The van der Waals surface area contributed by atoms with Gasteiger partial charge in [0.15, 0.2) is 0 Å². The van der Waals surface area contributed by atoms with E-state index < -0.39 is 24.1 Å². The smallest absolute Gasteiger partial charge is 0.322 e. The van der Waals surface area contributed by atoms with Crippen molar-refractivity contribution in [3.63, 3.8) is 0 Å². The largest absolute Gasteiger partial charge is 0.342 e. The number of hydrogen-bond acceptors (Lipinski definition) is 4. The third-order valence-corrected chi connectivity index (χ3v) is 1.53. The minimum atomic E-state index is -0.907. The molecule has 0 bridgehead atoms. The van der Waals surface area contributed by atoms with Gasteiger partial charge in [0.1, 0.15) is 12.2 Å². The van der Waals surface area contributed by atoms with Crippen molar-refractivity contribution < 1.29 is 14.4 Å². The molecule has 0 unspecified atom stereocenters. The number of carbonyl (C=O) groups is 3. The molecule has 1 heterocycles. The van der Waals surface area contributed by atoms with Crippen molar-refractivity contribution in [1.82, 2.24) is 16.0 Å². The van der Waals surface area contributed by atoms with Crippen LogP contribution < -0.4 is 21.7 Å². The average Bonchev–Trinajstić information content (AvgIpc) is 1.96. The molecule has 0 aromatic rings. The second-order valence-corrected chi connectivity index (χ2v) is 2.67. The van der Waals surface area contributed by atoms with Crippen molar-refractivity contribution in [2.24, 2.45) is 5.73 Å². The van der Waals surface area contributed by atoms with Crippen molar-refractivity contribution in [2.45, 2.75) is 19.1 Å². The minimum absolute atomic E-state index is 0.383. The van der Waals surface area contributed by atoms with Crippen molar-refractivity contribution in [2.75, 3.05) is 0 Å². The molecule has 1 aliphatic rings. The third-order valence-electron chi connectivity index (χ3n) is 1.53. The summed E-state index contributed by atoms with van der Waals surface area (Å²) >= 11 is 0. The number of nitrogens with one attached hydrogen (secondary N) is 3. The van der Waals surface area contributed by atoms with E-state index in [2.05, 4.69) is 10.6 Å². The zero-order valence-corrected chi connectivity index (χ0v) is 6.96. The van der Waals surface area contributed by atoms with Crippen LogP contribution in [0.3, 0.4) is 0 Å². The Morgan fingerprint density at radius 1 is 1.54 bits per heavy atom. The summed E-state index contributed by atoms with van der Waals surface area (Å²) in [4.78, 5) is 32.4. The van der Waals surface area contributed by atoms with E-state index in [1.165, 1.54) is 6.92 Å². The molecule has 0 aliphatic carbocycles. The molecule has 0 aromatic carbocycles. The van der Waals surface area contributed by atoms with E-state index in [0.29, 0.717) is 0 Å². The van der Waals surface area contributed by atoms with Gasteiger partial charge in [-0.1, -0.05) is 0 Å². The molecule has 0 saturated carbocycles. The molecule has 2 atom stereocenters. The molecule has 7 nitrogen and oxygen atoms in total. The molecule has 72 valence electrons. The van der Waals surface area contributed by atoms with Crippen LogP contribution in [0.4, 0.5) is 4.79 Å². The second-order valence-electron chi connectivity index (χ2n) is 2.67. The lowest BCUT2D eigenvalue weighted by atomic mass is 10.2. The molecule has 1 aliphatic heterocycles. The van der Waals surface area contributed by atoms with Gasteiger partial charge in [-0.25, -0.2) is 4.79 Å². The van der Waals surface area contributed by atoms with Crippen LogP contribution in [0.25, 0.3) is 0 Å². The molecule has 7 heteroatoms. The molecular formula is C6H10N4O3. The Balaban J connectivity index is 2.67. The molecule has 1 fully saturated rings. The van der Waals surface area contributed by atoms with Crippen LogP contribution in [0.5, 0.6) is 0 Å². The first-order valence-electron chi connectivity index (χ1n) is 3.65. The van der Waals surface area contributed by atoms with Crippen LogP contribution in [0, 0.1) is 0 Å². The maximum Gasteiger partial charge on any atom is 0.322 e. The normalized spacial score (nSPS) is 27.5. The highest BCUT2D eigenvalue weighted by atomic mass is 16.2. The zero-order chi connectivity index (χ0) is 10.0. The lowest BCUT2D eigenvalue weighted by molar-refractivity contribution is -0.128. The van der Waals surface area contributed by atoms with E-state index in [0.717, 1.165) is 0 Å². The molecule has 4 amide bonds. The maximum absolute atomic E-state index is 11.1. The van der Waals surface area contributed by atoms with Gasteiger partial charge in [0.25, 0.3) is 5.91 Å². The highest BCUT2D eigenvalue weighted by Gasteiger charge is 2.33. The lowest BCUT2D eigenvalue weighted by Gasteiger charge is -2.28. The third kappa shape index (κ3) is 2.15. The van der Waals surface area contributed by atoms with Gasteiger partial charge < -0.3 is 16.4 Å². The first-order valence-corrected chi connectivity index (χ1v) is 3.65. The van der Waals surface area contributed by atoms with Gasteiger partial charge in [-0.05, 0) is 0 Å². The Morgan fingerprint density at radius 3 is 2.62 bits per heavy atom. The topological polar surface area (TPSA) is 113 Å². The minimum Gasteiger partial charge on any atom is -0.342 e. The van der Waals surface area contributed by atoms with Gasteiger partial charge in [0.05, 0.1) is 0 Å². The zero-order valence-electron chi connectivity index (χ0n) is 6.96. The predicted octanol–water partition coefficient (Wildman–Crippen LogP) is -2.38. The first-order chi connectivity index (χ1) is 6.00. The Bertz CT molecular complexity index is 265. The molecule has 1 saturated heterocycles. The second kappa shape index (κ2) is 3.40. The number of urea groups is 1. The standard InChI is InChI=1S/C6H10N4O3/c1-2(11)8-3-4(7)9-6(13)10-5(3)12/h3-4H,7H2,1H3,(H,8,11)(H2,9,10,12,13)/t3-,4-/m0/s1. The van der Waals surface area contributed by atoms with Crippen molar-refractivity contribution in [1.29, 1.82) is 0 Å². The highest BCUT2D eigenvalue weighted by molar-refractivity contribution is 6.01. The summed E-state index contributed by atoms with van der Waals surface area (Å²) in [5, 5.41) is 6.55. The van der Waals surface area contributed by atoms with Crippen LogP contribution in [0.1, 0.15) is 6.92 Å². The Labute approximate surface area is 74.0 Å². The average molecular weight is 186 g/mol. The first kappa shape index (κ1) is 9.46. The van der Waals surface area contributed by atoms with Crippen molar-refractivity contribution in [3.05, 3.63) is 0 Å². The van der Waals surface area contributed by atoms with Crippen molar-refractivity contribution in [3.8, 4) is 0 Å². The van der Waals surface area contributed by atoms with Crippen molar-refractivity contribution >= 4 is 17.8 Å². The number of carbonyl (C=O) groups excluding carboxylic acids is 3. The molecule has 0 aromatic heterocycles. The molecule has 1 rings (SSSR count). The number of rotatable bonds is 1. The van der Waals surface area contributed by atoms with E-state index >= 15 is 0 Å². The SMILES string of the molecule is CC(=O)N[C@@H]1C(=O)NC(=O)N[C@@H]1N. The summed E-state index contributed by atoms with van der Waals surface area (Å²) in [7, 11) is 0. The van der Waals surface area contributed by atoms with Gasteiger partial charge >= 0.3 is 6.03 Å². The molecular weight excluding hydrogens is 176 g/mol. The molecule has 5 N–H and O–H groups in total. The van der Waals surface area contributed by atoms with Crippen LogP contribution in [0.15, 0.2) is 0 Å². The van der Waals surface area contributed by atoms with Gasteiger partial charge in [-0.2, -0.15) is 0 Å². The summed E-state index contributed by atoms with van der Waals surface area (Å²) in [6.45, 7) is 1.26. The van der Waals surface area contributed by atoms with Crippen LogP contribution >= 0.6 is 0 Å². The summed E-state index contributed by atoms with van der Waals surface area (Å²) < 4.78 is 0. The van der Waals surface area contributed by atoms with E-state index in [9.17, 15) is 14.4 Å². The van der Waals surface area contributed by atoms with Gasteiger partial charge in [0.2, 0.25) is 5.91 Å². The number of nitrogens with two attached hydrogens (primary N) is 1. The maximum atomic E-state index is 11.1. The summed E-state index contributed by atoms with van der Waals surface area (Å²) in [5.74, 6) is -0.988.